The lowest BCUT2D eigenvalue weighted by atomic mass is 10.2. The second kappa shape index (κ2) is 7.91. The van der Waals surface area contributed by atoms with E-state index in [-0.39, 0.29) is 0 Å². The zero-order chi connectivity index (χ0) is 11.6. The monoisotopic (exact) mass is 221 g/mol. The SMILES string of the molecule is C=CCOCCOc1ccccc1CNC. The normalized spacial score (nSPS) is 10.1. The zero-order valence-corrected chi connectivity index (χ0v) is 9.74. The molecule has 0 aliphatic heterocycles. The first-order chi connectivity index (χ1) is 7.88. The average Bonchev–Trinajstić information content (AvgIpc) is 2.31. The highest BCUT2D eigenvalue weighted by Gasteiger charge is 2.00. The lowest BCUT2D eigenvalue weighted by Crippen LogP contribution is -2.10. The number of hydrogen-bond donors (Lipinski definition) is 1. The van der Waals surface area contributed by atoms with E-state index >= 15 is 0 Å². The van der Waals surface area contributed by atoms with Crippen molar-refractivity contribution in [2.24, 2.45) is 0 Å². The van der Waals surface area contributed by atoms with Crippen LogP contribution in [-0.2, 0) is 11.3 Å². The maximum absolute atomic E-state index is 5.64. The van der Waals surface area contributed by atoms with Gasteiger partial charge in [0.25, 0.3) is 0 Å². The molecule has 16 heavy (non-hydrogen) atoms. The molecule has 0 unspecified atom stereocenters. The summed E-state index contributed by atoms with van der Waals surface area (Å²) in [6.07, 6.45) is 1.73. The Kier molecular flexibility index (Phi) is 6.30. The van der Waals surface area contributed by atoms with Gasteiger partial charge in [0.2, 0.25) is 0 Å². The number of hydrogen-bond acceptors (Lipinski definition) is 3. The van der Waals surface area contributed by atoms with Crippen LogP contribution in [0.1, 0.15) is 5.56 Å². The van der Waals surface area contributed by atoms with Gasteiger partial charge in [0.15, 0.2) is 0 Å². The van der Waals surface area contributed by atoms with Gasteiger partial charge in [-0.05, 0) is 13.1 Å². The molecule has 88 valence electrons. The quantitative estimate of drug-likeness (QED) is 0.538. The molecule has 0 amide bonds. The van der Waals surface area contributed by atoms with Crippen LogP contribution in [0.3, 0.4) is 0 Å². The van der Waals surface area contributed by atoms with E-state index in [9.17, 15) is 0 Å². The lowest BCUT2D eigenvalue weighted by Gasteiger charge is -2.10. The third-order valence-electron chi connectivity index (χ3n) is 2.06. The van der Waals surface area contributed by atoms with Crippen molar-refractivity contribution in [3.8, 4) is 5.75 Å². The van der Waals surface area contributed by atoms with Crippen LogP contribution < -0.4 is 10.1 Å². The minimum absolute atomic E-state index is 0.564. The van der Waals surface area contributed by atoms with Crippen LogP contribution in [0.2, 0.25) is 0 Å². The second-order valence-electron chi connectivity index (χ2n) is 3.35. The zero-order valence-electron chi connectivity index (χ0n) is 9.74. The van der Waals surface area contributed by atoms with Crippen molar-refractivity contribution in [3.05, 3.63) is 42.5 Å². The molecule has 0 saturated heterocycles. The second-order valence-corrected chi connectivity index (χ2v) is 3.35. The number of benzene rings is 1. The molecule has 1 N–H and O–H groups in total. The Labute approximate surface area is 97.1 Å². The van der Waals surface area contributed by atoms with Gasteiger partial charge in [-0.2, -0.15) is 0 Å². The van der Waals surface area contributed by atoms with E-state index in [0.717, 1.165) is 17.9 Å². The molecule has 0 atom stereocenters. The van der Waals surface area contributed by atoms with Crippen LogP contribution in [0.25, 0.3) is 0 Å². The molecular formula is C13H19NO2. The van der Waals surface area contributed by atoms with Gasteiger partial charge in [-0.25, -0.2) is 0 Å². The summed E-state index contributed by atoms with van der Waals surface area (Å²) in [5, 5.41) is 3.11. The van der Waals surface area contributed by atoms with Crippen LogP contribution in [-0.4, -0.2) is 26.9 Å². The van der Waals surface area contributed by atoms with Crippen molar-refractivity contribution in [2.45, 2.75) is 6.54 Å². The number of nitrogens with one attached hydrogen (secondary N) is 1. The van der Waals surface area contributed by atoms with E-state index < -0.39 is 0 Å². The molecule has 1 rings (SSSR count). The predicted octanol–water partition coefficient (Wildman–Crippen LogP) is 1.99. The molecule has 0 aromatic heterocycles. The molecule has 1 aromatic carbocycles. The molecule has 0 bridgehead atoms. The Bertz CT molecular complexity index is 313. The summed E-state index contributed by atoms with van der Waals surface area (Å²) in [6, 6.07) is 8.00. The van der Waals surface area contributed by atoms with Crippen molar-refractivity contribution in [1.82, 2.24) is 5.32 Å². The predicted molar refractivity (Wildman–Crippen MR) is 65.7 cm³/mol. The van der Waals surface area contributed by atoms with Crippen LogP contribution in [0, 0.1) is 0 Å². The van der Waals surface area contributed by atoms with Gasteiger partial charge in [-0.3, -0.25) is 0 Å². The average molecular weight is 221 g/mol. The molecule has 0 spiro atoms. The van der Waals surface area contributed by atoms with Crippen molar-refractivity contribution in [1.29, 1.82) is 0 Å². The first-order valence-corrected chi connectivity index (χ1v) is 5.42. The third kappa shape index (κ3) is 4.47. The van der Waals surface area contributed by atoms with Crippen LogP contribution in [0.4, 0.5) is 0 Å². The van der Waals surface area contributed by atoms with Gasteiger partial charge in [-0.1, -0.05) is 24.3 Å². The Morgan fingerprint density at radius 2 is 2.12 bits per heavy atom. The molecule has 3 nitrogen and oxygen atoms in total. The summed E-state index contributed by atoms with van der Waals surface area (Å²) in [5.74, 6) is 0.916. The van der Waals surface area contributed by atoms with Gasteiger partial charge < -0.3 is 14.8 Å². The number of rotatable bonds is 8. The number of para-hydroxylation sites is 1. The van der Waals surface area contributed by atoms with Crippen LogP contribution in [0.5, 0.6) is 5.75 Å². The summed E-state index contributed by atoms with van der Waals surface area (Å²) < 4.78 is 10.9. The summed E-state index contributed by atoms with van der Waals surface area (Å²) in [6.45, 7) is 6.11. The fourth-order valence-corrected chi connectivity index (χ4v) is 1.36. The van der Waals surface area contributed by atoms with Gasteiger partial charge in [-0.15, -0.1) is 6.58 Å². The van der Waals surface area contributed by atoms with E-state index in [1.807, 2.05) is 25.2 Å². The summed E-state index contributed by atoms with van der Waals surface area (Å²) in [4.78, 5) is 0. The molecule has 0 heterocycles. The van der Waals surface area contributed by atoms with E-state index in [1.165, 1.54) is 0 Å². The van der Waals surface area contributed by atoms with Crippen molar-refractivity contribution in [2.75, 3.05) is 26.9 Å². The van der Waals surface area contributed by atoms with Gasteiger partial charge in [0.1, 0.15) is 12.4 Å². The molecule has 0 aliphatic carbocycles. The molecular weight excluding hydrogens is 202 g/mol. The summed E-state index contributed by atoms with van der Waals surface area (Å²) in [7, 11) is 1.92. The van der Waals surface area contributed by atoms with Crippen LogP contribution in [0.15, 0.2) is 36.9 Å². The van der Waals surface area contributed by atoms with Gasteiger partial charge in [0.05, 0.1) is 13.2 Å². The molecule has 0 radical (unpaired) electrons. The molecule has 0 aliphatic rings. The van der Waals surface area contributed by atoms with Gasteiger partial charge in [0, 0.05) is 12.1 Å². The van der Waals surface area contributed by atoms with Crippen LogP contribution >= 0.6 is 0 Å². The molecule has 0 fully saturated rings. The largest absolute Gasteiger partial charge is 0.491 e. The van der Waals surface area contributed by atoms with Gasteiger partial charge >= 0.3 is 0 Å². The van der Waals surface area contributed by atoms with E-state index in [0.29, 0.717) is 19.8 Å². The first-order valence-electron chi connectivity index (χ1n) is 5.42. The maximum atomic E-state index is 5.64. The first kappa shape index (κ1) is 12.7. The fourth-order valence-electron chi connectivity index (χ4n) is 1.36. The lowest BCUT2D eigenvalue weighted by molar-refractivity contribution is 0.120. The van der Waals surface area contributed by atoms with E-state index in [4.69, 9.17) is 9.47 Å². The molecule has 0 saturated carbocycles. The standard InChI is InChI=1S/C13H19NO2/c1-3-8-15-9-10-16-13-7-5-4-6-12(13)11-14-2/h3-7,14H,1,8-11H2,2H3. The molecule has 1 aromatic rings. The topological polar surface area (TPSA) is 30.5 Å². The Morgan fingerprint density at radius 3 is 2.88 bits per heavy atom. The van der Waals surface area contributed by atoms with Crippen molar-refractivity contribution < 1.29 is 9.47 Å². The summed E-state index contributed by atoms with van der Waals surface area (Å²) >= 11 is 0. The summed E-state index contributed by atoms with van der Waals surface area (Å²) in [5.41, 5.74) is 1.16. The van der Waals surface area contributed by atoms with Crippen molar-refractivity contribution in [3.63, 3.8) is 0 Å². The molecule has 3 heteroatoms. The van der Waals surface area contributed by atoms with E-state index in [1.54, 1.807) is 6.08 Å². The Balaban J connectivity index is 2.37. The highest BCUT2D eigenvalue weighted by atomic mass is 16.5. The minimum atomic E-state index is 0.564. The van der Waals surface area contributed by atoms with Crippen molar-refractivity contribution >= 4 is 0 Å². The smallest absolute Gasteiger partial charge is 0.123 e. The highest BCUT2D eigenvalue weighted by Crippen LogP contribution is 2.17. The third-order valence-corrected chi connectivity index (χ3v) is 2.06. The maximum Gasteiger partial charge on any atom is 0.123 e. The minimum Gasteiger partial charge on any atom is -0.491 e. The van der Waals surface area contributed by atoms with E-state index in [2.05, 4.69) is 18.0 Å². The number of ether oxygens (including phenoxy) is 2. The Morgan fingerprint density at radius 1 is 1.31 bits per heavy atom. The Hall–Kier alpha value is -1.32. The highest BCUT2D eigenvalue weighted by molar-refractivity contribution is 5.33. The fraction of sp³-hybridized carbons (Fsp3) is 0.385.